The van der Waals surface area contributed by atoms with Crippen LogP contribution in [0.2, 0.25) is 0 Å². The van der Waals surface area contributed by atoms with Crippen molar-refractivity contribution >= 4 is 56.8 Å². The van der Waals surface area contributed by atoms with Crippen molar-refractivity contribution in [3.8, 4) is 0 Å². The first-order chi connectivity index (χ1) is 16.5. The molecule has 34 heavy (non-hydrogen) atoms. The number of hydrogen-bond donors (Lipinski definition) is 0. The number of ether oxygens (including phenoxy) is 1. The van der Waals surface area contributed by atoms with Gasteiger partial charge in [-0.2, -0.15) is 0 Å². The van der Waals surface area contributed by atoms with Gasteiger partial charge in [0, 0.05) is 41.5 Å². The van der Waals surface area contributed by atoms with Crippen LogP contribution in [0.1, 0.15) is 29.8 Å². The van der Waals surface area contributed by atoms with Crippen molar-refractivity contribution in [3.05, 3.63) is 59.4 Å². The summed E-state index contributed by atoms with van der Waals surface area (Å²) in [7, 11) is 5.64. The molecule has 0 radical (unpaired) electrons. The zero-order chi connectivity index (χ0) is 23.9. The molecule has 6 nitrogen and oxygen atoms in total. The largest absolute Gasteiger partial charge is 0.469 e. The zero-order valence-electron chi connectivity index (χ0n) is 19.9. The van der Waals surface area contributed by atoms with Gasteiger partial charge in [-0.25, -0.2) is 9.97 Å². The molecule has 0 atom stereocenters. The number of thioether (sulfide) groups is 1. The van der Waals surface area contributed by atoms with E-state index in [9.17, 15) is 4.79 Å². The standard InChI is InChI=1S/C26H30N4O2S2/c1-29(2)12-7-15-33-20-17-23-26(27-18-20)28-24(34-23)16-19-11-14-30(13-6-10-25(31)32-3)22-9-5-4-8-21(19)22/h4-5,8-9,11,14,16-18H,6-7,10,12-13,15H2,1-3H3. The highest BCUT2D eigenvalue weighted by atomic mass is 32.2. The average Bonchev–Trinajstić information content (AvgIpc) is 3.24. The number of hydrogen-bond acceptors (Lipinski definition) is 8. The third-order valence-corrected chi connectivity index (χ3v) is 7.49. The minimum Gasteiger partial charge on any atom is -0.469 e. The Morgan fingerprint density at radius 2 is 2.12 bits per heavy atom. The molecule has 2 aromatic heterocycles. The second-order valence-electron chi connectivity index (χ2n) is 8.36. The molecule has 0 fully saturated rings. The third-order valence-electron chi connectivity index (χ3n) is 5.50. The van der Waals surface area contributed by atoms with E-state index in [0.29, 0.717) is 6.42 Å². The Morgan fingerprint density at radius 1 is 1.26 bits per heavy atom. The molecule has 0 amide bonds. The van der Waals surface area contributed by atoms with Crippen LogP contribution in [-0.2, 0) is 9.53 Å². The molecule has 0 saturated heterocycles. The average molecular weight is 495 g/mol. The molecule has 0 saturated carbocycles. The first-order valence-electron chi connectivity index (χ1n) is 11.4. The van der Waals surface area contributed by atoms with Crippen molar-refractivity contribution in [1.82, 2.24) is 14.9 Å². The van der Waals surface area contributed by atoms with E-state index in [1.165, 1.54) is 12.0 Å². The minimum atomic E-state index is -0.172. The maximum atomic E-state index is 11.5. The fourth-order valence-corrected chi connectivity index (χ4v) is 5.62. The van der Waals surface area contributed by atoms with Crippen LogP contribution in [0.3, 0.4) is 0 Å². The Morgan fingerprint density at radius 3 is 2.94 bits per heavy atom. The Balaban J connectivity index is 1.49. The van der Waals surface area contributed by atoms with Gasteiger partial charge < -0.3 is 14.5 Å². The Bertz CT molecular complexity index is 1200. The maximum Gasteiger partial charge on any atom is 0.305 e. The van der Waals surface area contributed by atoms with Gasteiger partial charge in [0.15, 0.2) is 5.65 Å². The topological polar surface area (TPSA) is 58.6 Å². The van der Waals surface area contributed by atoms with E-state index in [2.05, 4.69) is 71.5 Å². The molecule has 1 aliphatic heterocycles. The number of thiazole rings is 1. The molecule has 3 aromatic rings. The molecule has 1 aromatic carbocycles. The second kappa shape index (κ2) is 11.6. The van der Waals surface area contributed by atoms with Crippen LogP contribution in [0.4, 0.5) is 5.69 Å². The van der Waals surface area contributed by atoms with Crippen molar-refractivity contribution in [1.29, 1.82) is 0 Å². The van der Waals surface area contributed by atoms with Gasteiger partial charge in [0.2, 0.25) is 0 Å². The summed E-state index contributed by atoms with van der Waals surface area (Å²) in [5, 5.41) is 0.950. The number of anilines is 1. The number of rotatable bonds is 10. The first-order valence-corrected chi connectivity index (χ1v) is 13.2. The number of carbonyl (C=O) groups excluding carboxylic acids is 1. The number of fused-ring (bicyclic) bond motifs is 2. The van der Waals surface area contributed by atoms with Crippen LogP contribution >= 0.6 is 23.1 Å². The number of carbonyl (C=O) groups is 1. The molecule has 8 heteroatoms. The monoisotopic (exact) mass is 494 g/mol. The summed E-state index contributed by atoms with van der Waals surface area (Å²) in [4.78, 5) is 26.4. The van der Waals surface area contributed by atoms with E-state index in [0.717, 1.165) is 63.9 Å². The summed E-state index contributed by atoms with van der Waals surface area (Å²) in [5.74, 6) is 0.910. The predicted molar refractivity (Wildman–Crippen MR) is 143 cm³/mol. The highest BCUT2D eigenvalue weighted by Gasteiger charge is 2.17. The van der Waals surface area contributed by atoms with Gasteiger partial charge in [-0.15, -0.1) is 23.1 Å². The van der Waals surface area contributed by atoms with E-state index in [4.69, 9.17) is 9.72 Å². The van der Waals surface area contributed by atoms with E-state index in [-0.39, 0.29) is 5.97 Å². The van der Waals surface area contributed by atoms with Gasteiger partial charge in [-0.3, -0.25) is 4.79 Å². The Labute approximate surface area is 209 Å². The van der Waals surface area contributed by atoms with Crippen molar-refractivity contribution in [2.45, 2.75) is 24.2 Å². The van der Waals surface area contributed by atoms with Gasteiger partial charge in [0.05, 0.1) is 11.8 Å². The fraction of sp³-hybridized carbons (Fsp3) is 0.346. The maximum absolute atomic E-state index is 11.5. The number of pyridine rings is 1. The van der Waals surface area contributed by atoms with E-state index in [1.54, 1.807) is 11.3 Å². The van der Waals surface area contributed by atoms with Crippen molar-refractivity contribution < 1.29 is 9.53 Å². The number of aromatic nitrogens is 2. The van der Waals surface area contributed by atoms with Crippen molar-refractivity contribution in [2.24, 2.45) is 0 Å². The zero-order valence-corrected chi connectivity index (χ0v) is 21.5. The van der Waals surface area contributed by atoms with Crippen molar-refractivity contribution in [2.75, 3.05) is 44.9 Å². The lowest BCUT2D eigenvalue weighted by Gasteiger charge is -2.27. The smallest absolute Gasteiger partial charge is 0.305 e. The van der Waals surface area contributed by atoms with Crippen molar-refractivity contribution in [3.63, 3.8) is 0 Å². The van der Waals surface area contributed by atoms with Crippen LogP contribution in [0.5, 0.6) is 0 Å². The predicted octanol–water partition coefficient (Wildman–Crippen LogP) is 5.56. The normalized spacial score (nSPS) is 14.2. The van der Waals surface area contributed by atoms with Crippen LogP contribution in [0.15, 0.2) is 53.7 Å². The lowest BCUT2D eigenvalue weighted by atomic mass is 9.99. The van der Waals surface area contributed by atoms with Crippen LogP contribution in [0.25, 0.3) is 22.0 Å². The number of nitrogens with zero attached hydrogens (tertiary/aromatic N) is 4. The molecule has 0 unspecified atom stereocenters. The summed E-state index contributed by atoms with van der Waals surface area (Å²) in [6.45, 7) is 1.86. The minimum absolute atomic E-state index is 0.172. The summed E-state index contributed by atoms with van der Waals surface area (Å²) in [6, 6.07) is 10.5. The van der Waals surface area contributed by atoms with Gasteiger partial charge in [-0.1, -0.05) is 18.2 Å². The Hall–Kier alpha value is -2.68. The van der Waals surface area contributed by atoms with E-state index >= 15 is 0 Å². The number of esters is 1. The molecular formula is C26H30N4O2S2. The van der Waals surface area contributed by atoms with Gasteiger partial charge in [0.1, 0.15) is 5.01 Å². The molecule has 4 rings (SSSR count). The number of para-hydroxylation sites is 1. The molecular weight excluding hydrogens is 464 g/mol. The Kier molecular flexibility index (Phi) is 8.37. The molecule has 3 heterocycles. The van der Waals surface area contributed by atoms with E-state index < -0.39 is 0 Å². The molecule has 0 N–H and O–H groups in total. The lowest BCUT2D eigenvalue weighted by Crippen LogP contribution is -2.21. The van der Waals surface area contributed by atoms with Gasteiger partial charge in [0.25, 0.3) is 0 Å². The SMILES string of the molecule is COC(=O)CCCN1C=CC(=Cc2nc3ncc(SCCCN(C)C)cc3s2)c2ccccc21. The number of methoxy groups -OCH3 is 1. The first kappa shape index (κ1) is 24.4. The lowest BCUT2D eigenvalue weighted by molar-refractivity contribution is -0.140. The highest BCUT2D eigenvalue weighted by molar-refractivity contribution is 7.99. The summed E-state index contributed by atoms with van der Waals surface area (Å²) < 4.78 is 5.87. The summed E-state index contributed by atoms with van der Waals surface area (Å²) in [6.07, 6.45) is 10.6. The van der Waals surface area contributed by atoms with Gasteiger partial charge >= 0.3 is 5.97 Å². The molecule has 0 bridgehead atoms. The van der Waals surface area contributed by atoms with Crippen LogP contribution < -0.4 is 4.90 Å². The molecule has 1 aliphatic rings. The van der Waals surface area contributed by atoms with Gasteiger partial charge in [-0.05, 0) is 69.1 Å². The van der Waals surface area contributed by atoms with E-state index in [1.807, 2.05) is 24.0 Å². The van der Waals surface area contributed by atoms with Crippen LogP contribution in [0, 0.1) is 0 Å². The third kappa shape index (κ3) is 6.25. The quantitative estimate of drug-likeness (QED) is 0.208. The fourth-order valence-electron chi connectivity index (χ4n) is 3.79. The number of allylic oxidation sites excluding steroid dienone is 2. The molecule has 0 spiro atoms. The summed E-state index contributed by atoms with van der Waals surface area (Å²) >= 11 is 3.53. The number of benzene rings is 1. The molecule has 0 aliphatic carbocycles. The summed E-state index contributed by atoms with van der Waals surface area (Å²) in [5.41, 5.74) is 4.22. The second-order valence-corrected chi connectivity index (χ2v) is 10.6. The van der Waals surface area contributed by atoms with Crippen LogP contribution in [-0.4, -0.2) is 60.9 Å². The molecule has 178 valence electrons. The highest BCUT2D eigenvalue weighted by Crippen LogP contribution is 2.35.